The van der Waals surface area contributed by atoms with Gasteiger partial charge < -0.3 is 15.5 Å². The van der Waals surface area contributed by atoms with Crippen molar-refractivity contribution in [3.05, 3.63) is 0 Å². The number of carbonyl (C=O) groups excluding carboxylic acids is 1. The number of nitrogens with zero attached hydrogens (tertiary/aromatic N) is 3. The first-order valence-corrected chi connectivity index (χ1v) is 8.46. The number of hydrogen-bond donors (Lipinski definition) is 2. The Kier molecular flexibility index (Phi) is 12.1. The number of piperidine rings is 1. The molecule has 1 aliphatic heterocycles. The molecule has 12 heteroatoms. The van der Waals surface area contributed by atoms with Crippen LogP contribution in [-0.2, 0) is 4.79 Å². The van der Waals surface area contributed by atoms with E-state index in [0.29, 0.717) is 43.3 Å². The van der Waals surface area contributed by atoms with Crippen LogP contribution in [-0.4, -0.2) is 86.6 Å². The van der Waals surface area contributed by atoms with E-state index in [1.165, 1.54) is 0 Å². The van der Waals surface area contributed by atoms with Crippen molar-refractivity contribution < 1.29 is 26.7 Å². The predicted octanol–water partition coefficient (Wildman–Crippen LogP) is 1.91. The molecular weight excluding hydrogens is 488 g/mol. The minimum atomic E-state index is -4.46. The SMILES string of the molecule is CCNC(=NCC(=O)N(C)CC(F)(F)F)NC1CCN(CC(F)F)CC1.I. The lowest BCUT2D eigenvalue weighted by molar-refractivity contribution is -0.157. The zero-order valence-corrected chi connectivity index (χ0v) is 17.7. The van der Waals surface area contributed by atoms with Crippen LogP contribution in [0.1, 0.15) is 19.8 Å². The molecule has 0 bridgehead atoms. The molecule has 0 saturated carbocycles. The van der Waals surface area contributed by atoms with Crippen molar-refractivity contribution in [1.82, 2.24) is 20.4 Å². The number of hydrogen-bond acceptors (Lipinski definition) is 3. The molecule has 0 aromatic carbocycles. The molecule has 0 radical (unpaired) electrons. The maximum absolute atomic E-state index is 12.4. The Labute approximate surface area is 172 Å². The summed E-state index contributed by atoms with van der Waals surface area (Å²) in [5.41, 5.74) is 0. The molecule has 0 atom stereocenters. The van der Waals surface area contributed by atoms with Gasteiger partial charge in [0.15, 0.2) is 5.96 Å². The number of alkyl halides is 5. The molecule has 0 aromatic heterocycles. The van der Waals surface area contributed by atoms with Gasteiger partial charge in [0.1, 0.15) is 13.1 Å². The normalized spacial score (nSPS) is 16.8. The third kappa shape index (κ3) is 11.5. The number of aliphatic imine (C=N–C) groups is 1. The maximum atomic E-state index is 12.4. The Hall–Kier alpha value is -0.920. The van der Waals surface area contributed by atoms with Gasteiger partial charge in [-0.2, -0.15) is 13.2 Å². The van der Waals surface area contributed by atoms with E-state index >= 15 is 0 Å². The van der Waals surface area contributed by atoms with Crippen molar-refractivity contribution in [2.24, 2.45) is 4.99 Å². The molecule has 1 rings (SSSR count). The Bertz CT molecular complexity index is 470. The average Bonchev–Trinajstić information content (AvgIpc) is 2.52. The number of guanidine groups is 1. The zero-order valence-electron chi connectivity index (χ0n) is 15.4. The summed E-state index contributed by atoms with van der Waals surface area (Å²) in [6.45, 7) is 1.40. The standard InChI is InChI=1S/C15H26F5N5O.HI/c1-3-21-14(22-8-13(26)24(2)10-15(18,19)20)23-11-4-6-25(7-5-11)9-12(16)17;/h11-12H,3-10H2,1-2H3,(H2,21,22,23);1H. The molecule has 0 spiro atoms. The van der Waals surface area contributed by atoms with Crippen LogP contribution in [0, 0.1) is 0 Å². The van der Waals surface area contributed by atoms with Crippen LogP contribution in [0.3, 0.4) is 0 Å². The van der Waals surface area contributed by atoms with E-state index in [1.54, 1.807) is 4.90 Å². The number of amides is 1. The fourth-order valence-electron chi connectivity index (χ4n) is 2.59. The van der Waals surface area contributed by atoms with Gasteiger partial charge in [-0.3, -0.25) is 9.69 Å². The highest BCUT2D eigenvalue weighted by molar-refractivity contribution is 14.0. The van der Waals surface area contributed by atoms with Crippen molar-refractivity contribution in [2.45, 2.75) is 38.4 Å². The molecule has 0 unspecified atom stereocenters. The van der Waals surface area contributed by atoms with Crippen LogP contribution in [0.4, 0.5) is 22.0 Å². The number of nitrogens with one attached hydrogen (secondary N) is 2. The summed E-state index contributed by atoms with van der Waals surface area (Å²) >= 11 is 0. The van der Waals surface area contributed by atoms with Gasteiger partial charge in [-0.15, -0.1) is 24.0 Å². The van der Waals surface area contributed by atoms with Gasteiger partial charge in [-0.25, -0.2) is 13.8 Å². The van der Waals surface area contributed by atoms with Gasteiger partial charge in [0, 0.05) is 32.7 Å². The summed E-state index contributed by atoms with van der Waals surface area (Å²) in [7, 11) is 1.07. The Morgan fingerprint density at radius 2 is 1.89 bits per heavy atom. The molecule has 0 aliphatic carbocycles. The topological polar surface area (TPSA) is 60.0 Å². The second-order valence-electron chi connectivity index (χ2n) is 6.17. The van der Waals surface area contributed by atoms with E-state index in [-0.39, 0.29) is 36.6 Å². The third-order valence-corrected chi connectivity index (χ3v) is 3.88. The van der Waals surface area contributed by atoms with E-state index in [4.69, 9.17) is 0 Å². The summed E-state index contributed by atoms with van der Waals surface area (Å²) in [4.78, 5) is 18.0. The second kappa shape index (κ2) is 12.5. The summed E-state index contributed by atoms with van der Waals surface area (Å²) < 4.78 is 61.7. The highest BCUT2D eigenvalue weighted by atomic mass is 127. The van der Waals surface area contributed by atoms with Gasteiger partial charge in [0.2, 0.25) is 5.91 Å². The molecule has 160 valence electrons. The Morgan fingerprint density at radius 1 is 1.30 bits per heavy atom. The number of carbonyl (C=O) groups is 1. The molecule has 0 aromatic rings. The summed E-state index contributed by atoms with van der Waals surface area (Å²) in [6.07, 6.45) is -5.54. The summed E-state index contributed by atoms with van der Waals surface area (Å²) in [6, 6.07) is 0.00438. The van der Waals surface area contributed by atoms with Gasteiger partial charge in [-0.1, -0.05) is 0 Å². The monoisotopic (exact) mass is 515 g/mol. The molecule has 6 nitrogen and oxygen atoms in total. The molecule has 27 heavy (non-hydrogen) atoms. The second-order valence-corrected chi connectivity index (χ2v) is 6.17. The van der Waals surface area contributed by atoms with Crippen LogP contribution in [0.15, 0.2) is 4.99 Å². The molecule has 2 N–H and O–H groups in total. The quantitative estimate of drug-likeness (QED) is 0.236. The van der Waals surface area contributed by atoms with E-state index in [1.807, 2.05) is 6.92 Å². The first-order chi connectivity index (χ1) is 12.1. The zero-order chi connectivity index (χ0) is 19.7. The number of likely N-dealkylation sites (N-methyl/N-ethyl adjacent to an activating group) is 1. The minimum Gasteiger partial charge on any atom is -0.357 e. The van der Waals surface area contributed by atoms with Crippen LogP contribution in [0.5, 0.6) is 0 Å². The van der Waals surface area contributed by atoms with E-state index in [2.05, 4.69) is 15.6 Å². The fourth-order valence-corrected chi connectivity index (χ4v) is 2.59. The van der Waals surface area contributed by atoms with Crippen LogP contribution in [0.25, 0.3) is 0 Å². The molecule has 1 heterocycles. The maximum Gasteiger partial charge on any atom is 0.406 e. The highest BCUT2D eigenvalue weighted by Crippen LogP contribution is 2.15. The minimum absolute atomic E-state index is 0. The fraction of sp³-hybridized carbons (Fsp3) is 0.867. The average molecular weight is 515 g/mol. The van der Waals surface area contributed by atoms with E-state index < -0.39 is 31.6 Å². The van der Waals surface area contributed by atoms with Crippen molar-refractivity contribution in [3.63, 3.8) is 0 Å². The first-order valence-electron chi connectivity index (χ1n) is 8.46. The van der Waals surface area contributed by atoms with Gasteiger partial charge >= 0.3 is 6.18 Å². The van der Waals surface area contributed by atoms with E-state index in [0.717, 1.165) is 7.05 Å². The van der Waals surface area contributed by atoms with Crippen molar-refractivity contribution >= 4 is 35.8 Å². The van der Waals surface area contributed by atoms with Gasteiger partial charge in [0.25, 0.3) is 6.43 Å². The van der Waals surface area contributed by atoms with Gasteiger partial charge in [-0.05, 0) is 19.8 Å². The van der Waals surface area contributed by atoms with Crippen molar-refractivity contribution in [1.29, 1.82) is 0 Å². The molecular formula is C15H27F5IN5O. The molecule has 1 amide bonds. The number of likely N-dealkylation sites (tertiary alicyclic amines) is 1. The Balaban J connectivity index is 0.00000676. The van der Waals surface area contributed by atoms with Gasteiger partial charge in [0.05, 0.1) is 6.54 Å². The lowest BCUT2D eigenvalue weighted by atomic mass is 10.1. The van der Waals surface area contributed by atoms with Crippen LogP contribution >= 0.6 is 24.0 Å². The summed E-state index contributed by atoms with van der Waals surface area (Å²) in [5.74, 6) is -0.417. The van der Waals surface area contributed by atoms with E-state index in [9.17, 15) is 26.7 Å². The summed E-state index contributed by atoms with van der Waals surface area (Å²) in [5, 5.41) is 6.03. The lowest BCUT2D eigenvalue weighted by Crippen LogP contribution is -2.49. The molecule has 1 aliphatic rings. The molecule has 1 fully saturated rings. The Morgan fingerprint density at radius 3 is 2.37 bits per heavy atom. The number of rotatable bonds is 7. The van der Waals surface area contributed by atoms with Crippen LogP contribution in [0.2, 0.25) is 0 Å². The third-order valence-electron chi connectivity index (χ3n) is 3.88. The van der Waals surface area contributed by atoms with Crippen molar-refractivity contribution in [3.8, 4) is 0 Å². The predicted molar refractivity (Wildman–Crippen MR) is 104 cm³/mol. The highest BCUT2D eigenvalue weighted by Gasteiger charge is 2.31. The largest absolute Gasteiger partial charge is 0.406 e. The van der Waals surface area contributed by atoms with Crippen molar-refractivity contribution in [2.75, 3.05) is 46.3 Å². The first kappa shape index (κ1) is 26.1. The smallest absolute Gasteiger partial charge is 0.357 e. The van der Waals surface area contributed by atoms with Crippen LogP contribution < -0.4 is 10.6 Å². The number of halogens is 6. The molecule has 1 saturated heterocycles. The lowest BCUT2D eigenvalue weighted by Gasteiger charge is -2.32.